The molecule has 168 valence electrons. The average Bonchev–Trinajstić information content (AvgIpc) is 2.75. The molecule has 0 aliphatic carbocycles. The van der Waals surface area contributed by atoms with Gasteiger partial charge in [-0.05, 0) is 47.1 Å². The molecule has 0 aliphatic heterocycles. The van der Waals surface area contributed by atoms with Crippen molar-refractivity contribution in [3.05, 3.63) is 101 Å². The molecule has 0 amide bonds. The fourth-order valence-corrected chi connectivity index (χ4v) is 5.38. The molecule has 0 fully saturated rings. The number of thioether (sulfide) groups is 1. The van der Waals surface area contributed by atoms with E-state index in [4.69, 9.17) is 12.2 Å². The molecule has 0 aliphatic rings. The molecule has 3 aromatic rings. The number of phenolic OH excluding ortho intramolecular Hbond substituents is 1. The largest absolute Gasteiger partial charge is 0.507 e. The van der Waals surface area contributed by atoms with E-state index in [2.05, 4.69) is 86.3 Å². The summed E-state index contributed by atoms with van der Waals surface area (Å²) >= 11 is 7.80. The average molecular weight is 464 g/mol. The fourth-order valence-electron chi connectivity index (χ4n) is 3.85. The predicted octanol–water partition coefficient (Wildman–Crippen LogP) is 7.82. The summed E-state index contributed by atoms with van der Waals surface area (Å²) in [6.07, 6.45) is 0. The highest BCUT2D eigenvalue weighted by Gasteiger charge is 2.30. The van der Waals surface area contributed by atoms with E-state index in [0.717, 1.165) is 28.5 Å². The van der Waals surface area contributed by atoms with E-state index in [9.17, 15) is 5.11 Å². The molecule has 0 spiro atoms. The Hall–Kier alpha value is -2.30. The van der Waals surface area contributed by atoms with Crippen LogP contribution >= 0.6 is 24.0 Å². The van der Waals surface area contributed by atoms with Crippen molar-refractivity contribution in [3.63, 3.8) is 0 Å². The topological polar surface area (TPSA) is 23.5 Å². The van der Waals surface area contributed by atoms with Crippen LogP contribution in [0.25, 0.3) is 0 Å². The number of hydrogen-bond donors (Lipinski definition) is 1. The zero-order valence-electron chi connectivity index (χ0n) is 19.6. The lowest BCUT2D eigenvalue weighted by molar-refractivity contribution is 0.398. The van der Waals surface area contributed by atoms with Gasteiger partial charge in [-0.3, -0.25) is 0 Å². The highest BCUT2D eigenvalue weighted by atomic mass is 32.2. The van der Waals surface area contributed by atoms with Crippen LogP contribution in [0, 0.1) is 19.3 Å². The van der Waals surface area contributed by atoms with Crippen LogP contribution in [0.1, 0.15) is 53.8 Å². The summed E-state index contributed by atoms with van der Waals surface area (Å²) in [4.78, 5) is 2.30. The van der Waals surface area contributed by atoms with Gasteiger partial charge in [0.05, 0.1) is 0 Å². The smallest absolute Gasteiger partial charge is 0.137 e. The first-order valence-electron chi connectivity index (χ1n) is 11.0. The van der Waals surface area contributed by atoms with Crippen molar-refractivity contribution in [3.8, 4) is 5.75 Å². The van der Waals surface area contributed by atoms with Crippen molar-refractivity contribution in [2.45, 2.75) is 53.0 Å². The van der Waals surface area contributed by atoms with Crippen molar-refractivity contribution in [2.75, 3.05) is 0 Å². The second kappa shape index (κ2) is 10.5. The van der Waals surface area contributed by atoms with Crippen molar-refractivity contribution >= 4 is 28.3 Å². The third-order valence-electron chi connectivity index (χ3n) is 5.51. The van der Waals surface area contributed by atoms with E-state index in [-0.39, 0.29) is 10.7 Å². The van der Waals surface area contributed by atoms with Crippen LogP contribution in [0.5, 0.6) is 5.75 Å². The van der Waals surface area contributed by atoms with Gasteiger partial charge in [-0.25, -0.2) is 0 Å². The van der Waals surface area contributed by atoms with Gasteiger partial charge in [0.1, 0.15) is 10.1 Å². The van der Waals surface area contributed by atoms with Gasteiger partial charge < -0.3 is 10.0 Å². The van der Waals surface area contributed by atoms with Crippen molar-refractivity contribution in [1.29, 1.82) is 0 Å². The number of aromatic hydroxyl groups is 1. The summed E-state index contributed by atoms with van der Waals surface area (Å²) in [5, 5.41) is 10.4. The maximum atomic E-state index is 10.3. The Morgan fingerprint density at radius 1 is 0.875 bits per heavy atom. The molecule has 32 heavy (non-hydrogen) atoms. The van der Waals surface area contributed by atoms with Gasteiger partial charge in [-0.2, -0.15) is 0 Å². The van der Waals surface area contributed by atoms with Crippen molar-refractivity contribution in [1.82, 2.24) is 4.90 Å². The van der Waals surface area contributed by atoms with Gasteiger partial charge >= 0.3 is 0 Å². The molecule has 0 saturated heterocycles. The number of nitrogens with zero attached hydrogens (tertiary/aromatic N) is 1. The highest BCUT2D eigenvalue weighted by molar-refractivity contribution is 8.23. The molecule has 2 nitrogen and oxygen atoms in total. The third-order valence-corrected chi connectivity index (χ3v) is 7.73. The lowest BCUT2D eigenvalue weighted by atomic mass is 9.86. The maximum absolute atomic E-state index is 10.3. The van der Waals surface area contributed by atoms with Crippen LogP contribution in [0.3, 0.4) is 0 Å². The lowest BCUT2D eigenvalue weighted by Crippen LogP contribution is -2.29. The zero-order valence-corrected chi connectivity index (χ0v) is 21.3. The summed E-state index contributed by atoms with van der Waals surface area (Å²) in [5.74, 6) is 0.378. The van der Waals surface area contributed by atoms with Crippen LogP contribution in [0.4, 0.5) is 0 Å². The van der Waals surface area contributed by atoms with Crippen LogP contribution in [-0.4, -0.2) is 14.3 Å². The molecule has 1 unspecified atom stereocenters. The van der Waals surface area contributed by atoms with Crippen LogP contribution in [0.2, 0.25) is 0 Å². The Morgan fingerprint density at radius 2 is 1.31 bits per heavy atom. The molecular weight excluding hydrogens is 430 g/mol. The number of benzene rings is 3. The van der Waals surface area contributed by atoms with Crippen LogP contribution in [0.15, 0.2) is 72.8 Å². The van der Waals surface area contributed by atoms with Crippen LogP contribution in [-0.2, 0) is 13.1 Å². The minimum atomic E-state index is -0.00422. The van der Waals surface area contributed by atoms with Gasteiger partial charge in [0.15, 0.2) is 0 Å². The van der Waals surface area contributed by atoms with Gasteiger partial charge in [0, 0.05) is 18.3 Å². The van der Waals surface area contributed by atoms with E-state index in [0.29, 0.717) is 5.75 Å². The summed E-state index contributed by atoms with van der Waals surface area (Å²) in [5.41, 5.74) is 5.51. The Labute approximate surface area is 202 Å². The molecule has 0 saturated carbocycles. The lowest BCUT2D eigenvalue weighted by Gasteiger charge is -2.34. The highest BCUT2D eigenvalue weighted by Crippen LogP contribution is 2.46. The number of rotatable bonds is 6. The summed E-state index contributed by atoms with van der Waals surface area (Å²) in [6.45, 7) is 12.2. The quantitative estimate of drug-likeness (QED) is 0.376. The monoisotopic (exact) mass is 463 g/mol. The maximum Gasteiger partial charge on any atom is 0.137 e. The molecule has 1 N–H and O–H groups in total. The molecular formula is C28H33NOS2. The first-order valence-corrected chi connectivity index (χ1v) is 12.3. The van der Waals surface area contributed by atoms with Gasteiger partial charge in [-0.1, -0.05) is 118 Å². The van der Waals surface area contributed by atoms with E-state index >= 15 is 0 Å². The Morgan fingerprint density at radius 3 is 1.72 bits per heavy atom. The van der Waals surface area contributed by atoms with E-state index in [1.807, 2.05) is 26.0 Å². The second-order valence-electron chi connectivity index (χ2n) is 9.46. The van der Waals surface area contributed by atoms with Gasteiger partial charge in [-0.15, -0.1) is 0 Å². The predicted molar refractivity (Wildman–Crippen MR) is 142 cm³/mol. The van der Waals surface area contributed by atoms with E-state index in [1.54, 1.807) is 11.8 Å². The minimum Gasteiger partial charge on any atom is -0.507 e. The van der Waals surface area contributed by atoms with E-state index in [1.165, 1.54) is 16.7 Å². The summed E-state index contributed by atoms with van der Waals surface area (Å²) in [7, 11) is 0. The zero-order chi connectivity index (χ0) is 23.3. The van der Waals surface area contributed by atoms with Gasteiger partial charge in [0.25, 0.3) is 0 Å². The molecule has 1 atom stereocenters. The molecule has 0 bridgehead atoms. The standard InChI is InChI=1S/C28H33NOS2/c1-20-16-24(17-21(2)25(20)30)26(28(3,4)5)32-27(31)29(18-22-12-8-6-9-13-22)19-23-14-10-7-11-15-23/h6-17,26,30H,18-19H2,1-5H3. The Bertz CT molecular complexity index is 978. The van der Waals surface area contributed by atoms with Crippen molar-refractivity contribution in [2.24, 2.45) is 5.41 Å². The molecule has 4 heteroatoms. The van der Waals surface area contributed by atoms with Crippen LogP contribution < -0.4 is 0 Å². The molecule has 0 aromatic heterocycles. The summed E-state index contributed by atoms with van der Waals surface area (Å²) < 4.78 is 0.890. The second-order valence-corrected chi connectivity index (χ2v) is 11.2. The fraction of sp³-hybridized carbons (Fsp3) is 0.321. The molecule has 3 rings (SSSR count). The Balaban J connectivity index is 1.90. The number of aryl methyl sites for hydroxylation is 2. The third kappa shape index (κ3) is 6.36. The number of thiocarbonyl (C=S) groups is 1. The summed E-state index contributed by atoms with van der Waals surface area (Å²) in [6, 6.07) is 25.2. The first kappa shape index (κ1) is 24.3. The first-order chi connectivity index (χ1) is 15.1. The minimum absolute atomic E-state index is 0.00422. The van der Waals surface area contributed by atoms with Crippen molar-refractivity contribution < 1.29 is 5.11 Å². The Kier molecular flexibility index (Phi) is 8.02. The molecule has 0 radical (unpaired) electrons. The molecule has 0 heterocycles. The number of hydrogen-bond acceptors (Lipinski definition) is 3. The normalized spacial score (nSPS) is 12.4. The van der Waals surface area contributed by atoms with Gasteiger partial charge in [0.2, 0.25) is 0 Å². The number of phenols is 1. The van der Waals surface area contributed by atoms with E-state index < -0.39 is 0 Å². The molecule has 3 aromatic carbocycles. The SMILES string of the molecule is Cc1cc(C(SC(=S)N(Cc2ccccc2)Cc2ccccc2)C(C)(C)C)cc(C)c1O.